The minimum absolute atomic E-state index is 0.187. The van der Waals surface area contributed by atoms with E-state index in [4.69, 9.17) is 4.74 Å². The molecule has 0 unspecified atom stereocenters. The second-order valence-corrected chi connectivity index (χ2v) is 9.20. The van der Waals surface area contributed by atoms with Crippen LogP contribution in [0.5, 0.6) is 0 Å². The van der Waals surface area contributed by atoms with Crippen LogP contribution >= 0.6 is 11.3 Å². The van der Waals surface area contributed by atoms with E-state index in [1.807, 2.05) is 30.3 Å². The van der Waals surface area contributed by atoms with Crippen LogP contribution in [-0.2, 0) is 9.53 Å². The number of ether oxygens (including phenoxy) is 1. The van der Waals surface area contributed by atoms with Crippen LogP contribution in [0.25, 0.3) is 10.4 Å². The SMILES string of the molecule is CCOC(=O)c1cc(-c2ccccc2)sc1NC(=O)[C@@H](C(C)C)N1C(=O)c2ccccc2C1=O. The molecule has 8 heteroatoms. The average Bonchev–Trinajstić information content (AvgIpc) is 3.35. The number of fused-ring (bicyclic) bond motifs is 1. The number of anilines is 1. The van der Waals surface area contributed by atoms with Crippen molar-refractivity contribution in [3.8, 4) is 10.4 Å². The fourth-order valence-electron chi connectivity index (χ4n) is 3.95. The van der Waals surface area contributed by atoms with Gasteiger partial charge in [-0.1, -0.05) is 56.3 Å². The second kappa shape index (κ2) is 9.61. The van der Waals surface area contributed by atoms with Gasteiger partial charge in [0, 0.05) is 4.88 Å². The first-order chi connectivity index (χ1) is 16.3. The van der Waals surface area contributed by atoms with Crippen LogP contribution in [0.2, 0.25) is 0 Å². The number of thiophene rings is 1. The Labute approximate surface area is 201 Å². The van der Waals surface area contributed by atoms with Crippen molar-refractivity contribution in [2.75, 3.05) is 11.9 Å². The largest absolute Gasteiger partial charge is 0.462 e. The number of hydrogen-bond acceptors (Lipinski definition) is 6. The molecule has 1 aliphatic heterocycles. The van der Waals surface area contributed by atoms with Gasteiger partial charge in [0.15, 0.2) is 0 Å². The van der Waals surface area contributed by atoms with Gasteiger partial charge in [0.2, 0.25) is 5.91 Å². The zero-order valence-corrected chi connectivity index (χ0v) is 19.8. The third-order valence-corrected chi connectivity index (χ3v) is 6.63. The molecular formula is C26H24N2O5S. The van der Waals surface area contributed by atoms with Gasteiger partial charge in [-0.15, -0.1) is 11.3 Å². The van der Waals surface area contributed by atoms with E-state index >= 15 is 0 Å². The molecule has 0 saturated carbocycles. The summed E-state index contributed by atoms with van der Waals surface area (Å²) in [7, 11) is 0. The van der Waals surface area contributed by atoms with Gasteiger partial charge in [0.25, 0.3) is 11.8 Å². The van der Waals surface area contributed by atoms with Crippen molar-refractivity contribution in [1.29, 1.82) is 0 Å². The van der Waals surface area contributed by atoms with Gasteiger partial charge in [-0.2, -0.15) is 0 Å². The molecule has 0 saturated heterocycles. The Balaban J connectivity index is 1.68. The highest BCUT2D eigenvalue weighted by Crippen LogP contribution is 2.37. The predicted molar refractivity (Wildman–Crippen MR) is 130 cm³/mol. The topological polar surface area (TPSA) is 92.8 Å². The highest BCUT2D eigenvalue weighted by Gasteiger charge is 2.44. The van der Waals surface area contributed by atoms with E-state index in [1.165, 1.54) is 11.3 Å². The van der Waals surface area contributed by atoms with Gasteiger partial charge in [0.05, 0.1) is 23.3 Å². The van der Waals surface area contributed by atoms with Gasteiger partial charge in [-0.3, -0.25) is 19.3 Å². The lowest BCUT2D eigenvalue weighted by Crippen LogP contribution is -2.50. The first-order valence-electron chi connectivity index (χ1n) is 11.0. The summed E-state index contributed by atoms with van der Waals surface area (Å²) in [5.41, 5.74) is 1.67. The van der Waals surface area contributed by atoms with Crippen molar-refractivity contribution in [1.82, 2.24) is 4.90 Å². The van der Waals surface area contributed by atoms with Gasteiger partial charge in [-0.25, -0.2) is 4.79 Å². The Morgan fingerprint density at radius 3 is 2.12 bits per heavy atom. The number of rotatable bonds is 7. The molecule has 2 heterocycles. The quantitative estimate of drug-likeness (QED) is 0.389. The number of nitrogens with one attached hydrogen (secondary N) is 1. The van der Waals surface area contributed by atoms with Crippen molar-refractivity contribution in [2.45, 2.75) is 26.8 Å². The molecule has 2 aromatic carbocycles. The lowest BCUT2D eigenvalue weighted by atomic mass is 10.0. The molecule has 1 N–H and O–H groups in total. The molecule has 1 aromatic heterocycles. The van der Waals surface area contributed by atoms with Gasteiger partial charge in [0.1, 0.15) is 11.0 Å². The summed E-state index contributed by atoms with van der Waals surface area (Å²) in [5.74, 6) is -2.47. The maximum atomic E-state index is 13.5. The van der Waals surface area contributed by atoms with Crippen LogP contribution in [0, 0.1) is 5.92 Å². The summed E-state index contributed by atoms with van der Waals surface area (Å²) in [6, 6.07) is 16.6. The summed E-state index contributed by atoms with van der Waals surface area (Å²) in [5, 5.41) is 3.11. The van der Waals surface area contributed by atoms with E-state index in [0.717, 1.165) is 15.3 Å². The van der Waals surface area contributed by atoms with Crippen LogP contribution in [0.4, 0.5) is 5.00 Å². The van der Waals surface area contributed by atoms with E-state index in [9.17, 15) is 19.2 Å². The lowest BCUT2D eigenvalue weighted by Gasteiger charge is -2.28. The third-order valence-electron chi connectivity index (χ3n) is 5.53. The minimum Gasteiger partial charge on any atom is -0.462 e. The van der Waals surface area contributed by atoms with E-state index in [-0.39, 0.29) is 29.2 Å². The molecule has 0 spiro atoms. The zero-order valence-electron chi connectivity index (χ0n) is 19.0. The standard InChI is InChI=1S/C26H24N2O5S/c1-4-33-26(32)19-14-20(16-10-6-5-7-11-16)34-23(19)27-22(29)21(15(2)3)28-24(30)17-12-8-9-13-18(17)25(28)31/h5-15,21H,4H2,1-3H3,(H,27,29)/t21-/m1/s1. The van der Waals surface area contributed by atoms with E-state index in [0.29, 0.717) is 5.00 Å². The Morgan fingerprint density at radius 2 is 1.56 bits per heavy atom. The Kier molecular flexibility index (Phi) is 6.61. The number of esters is 1. The molecule has 1 aliphatic rings. The summed E-state index contributed by atoms with van der Waals surface area (Å²) in [6.45, 7) is 5.43. The molecule has 34 heavy (non-hydrogen) atoms. The monoisotopic (exact) mass is 476 g/mol. The highest BCUT2D eigenvalue weighted by molar-refractivity contribution is 7.20. The van der Waals surface area contributed by atoms with Gasteiger partial charge in [-0.05, 0) is 36.6 Å². The Hall–Kier alpha value is -3.78. The first-order valence-corrected chi connectivity index (χ1v) is 11.8. The maximum Gasteiger partial charge on any atom is 0.341 e. The van der Waals surface area contributed by atoms with Crippen molar-refractivity contribution >= 4 is 40.0 Å². The average molecular weight is 477 g/mol. The maximum absolute atomic E-state index is 13.5. The number of amides is 3. The third kappa shape index (κ3) is 4.24. The summed E-state index contributed by atoms with van der Waals surface area (Å²) in [6.07, 6.45) is 0. The van der Waals surface area contributed by atoms with Crippen LogP contribution in [0.1, 0.15) is 51.8 Å². The number of nitrogens with zero attached hydrogens (tertiary/aromatic N) is 1. The number of benzene rings is 2. The molecule has 0 fully saturated rings. The number of carbonyl (C=O) groups is 4. The second-order valence-electron chi connectivity index (χ2n) is 8.14. The van der Waals surface area contributed by atoms with Gasteiger partial charge < -0.3 is 10.1 Å². The number of imide groups is 1. The zero-order chi connectivity index (χ0) is 24.4. The van der Waals surface area contributed by atoms with Gasteiger partial charge >= 0.3 is 5.97 Å². The van der Waals surface area contributed by atoms with Crippen molar-refractivity contribution in [3.05, 3.63) is 77.4 Å². The summed E-state index contributed by atoms with van der Waals surface area (Å²) >= 11 is 1.23. The molecule has 4 rings (SSSR count). The van der Waals surface area contributed by atoms with Crippen molar-refractivity contribution < 1.29 is 23.9 Å². The van der Waals surface area contributed by atoms with Crippen LogP contribution < -0.4 is 5.32 Å². The van der Waals surface area contributed by atoms with Crippen molar-refractivity contribution in [3.63, 3.8) is 0 Å². The first kappa shape index (κ1) is 23.4. The van der Waals surface area contributed by atoms with Crippen LogP contribution in [0.3, 0.4) is 0 Å². The Bertz CT molecular complexity index is 1230. The normalized spacial score (nSPS) is 13.7. The highest BCUT2D eigenvalue weighted by atomic mass is 32.1. The predicted octanol–water partition coefficient (Wildman–Crippen LogP) is 4.85. The fraction of sp³-hybridized carbons (Fsp3) is 0.231. The smallest absolute Gasteiger partial charge is 0.341 e. The fourth-order valence-corrected chi connectivity index (χ4v) is 5.01. The van der Waals surface area contributed by atoms with Crippen LogP contribution in [0.15, 0.2) is 60.7 Å². The summed E-state index contributed by atoms with van der Waals surface area (Å²) in [4.78, 5) is 53.9. The molecule has 0 bridgehead atoms. The minimum atomic E-state index is -1.05. The molecule has 174 valence electrons. The molecule has 3 aromatic rings. The van der Waals surface area contributed by atoms with E-state index in [1.54, 1.807) is 51.1 Å². The molecule has 7 nitrogen and oxygen atoms in total. The molecule has 1 atom stereocenters. The number of hydrogen-bond donors (Lipinski definition) is 1. The van der Waals surface area contributed by atoms with Crippen molar-refractivity contribution in [2.24, 2.45) is 5.92 Å². The Morgan fingerprint density at radius 1 is 0.971 bits per heavy atom. The molecular weight excluding hydrogens is 452 g/mol. The number of carbonyl (C=O) groups excluding carboxylic acids is 4. The van der Waals surface area contributed by atoms with E-state index < -0.39 is 29.7 Å². The molecule has 0 aliphatic carbocycles. The van der Waals surface area contributed by atoms with Crippen LogP contribution in [-0.4, -0.2) is 41.2 Å². The van der Waals surface area contributed by atoms with E-state index in [2.05, 4.69) is 5.32 Å². The molecule has 0 radical (unpaired) electrons. The lowest BCUT2D eigenvalue weighted by molar-refractivity contribution is -0.121. The summed E-state index contributed by atoms with van der Waals surface area (Å²) < 4.78 is 5.18. The molecule has 3 amide bonds.